The van der Waals surface area contributed by atoms with E-state index in [1.165, 1.54) is 6.42 Å². The summed E-state index contributed by atoms with van der Waals surface area (Å²) in [5.41, 5.74) is 2.30. The van der Waals surface area contributed by atoms with Gasteiger partial charge in [-0.05, 0) is 77.3 Å². The fraction of sp³-hybridized carbons (Fsp3) is 0.684. The average molecular weight is 669 g/mol. The molecule has 0 aromatic heterocycles. The Morgan fingerprint density at radius 1 is 1.02 bits per heavy atom. The largest absolute Gasteiger partial charge is 0.444 e. The Kier molecular flexibility index (Phi) is 17.1. The minimum atomic E-state index is -0.443. The molecule has 0 aliphatic carbocycles. The first kappa shape index (κ1) is 40.8. The summed E-state index contributed by atoms with van der Waals surface area (Å²) < 4.78 is 11.6. The number of amides is 4. The number of hydrogen-bond acceptors (Lipinski definition) is 7. The highest BCUT2D eigenvalue weighted by Gasteiger charge is 2.29. The maximum atomic E-state index is 12.3. The van der Waals surface area contributed by atoms with Crippen molar-refractivity contribution < 1.29 is 28.7 Å². The summed E-state index contributed by atoms with van der Waals surface area (Å²) in [5, 5.41) is 2.25. The lowest BCUT2D eigenvalue weighted by molar-refractivity contribution is -0.135. The molecule has 10 heteroatoms. The number of para-hydroxylation sites is 1. The summed E-state index contributed by atoms with van der Waals surface area (Å²) in [5.74, 6) is 6.71. The molecule has 3 heterocycles. The minimum Gasteiger partial charge on any atom is -0.444 e. The van der Waals surface area contributed by atoms with Crippen LogP contribution in [-0.4, -0.2) is 91.7 Å². The molecule has 4 amide bonds. The van der Waals surface area contributed by atoms with Crippen molar-refractivity contribution in [3.8, 4) is 11.8 Å². The number of benzene rings is 1. The number of rotatable bonds is 5. The average Bonchev–Trinajstić information content (AvgIpc) is 3.02. The van der Waals surface area contributed by atoms with Gasteiger partial charge in [0.1, 0.15) is 12.2 Å². The van der Waals surface area contributed by atoms with Gasteiger partial charge < -0.3 is 24.2 Å². The van der Waals surface area contributed by atoms with E-state index in [4.69, 9.17) is 9.47 Å². The first-order chi connectivity index (χ1) is 22.6. The Balaban J connectivity index is 0.000000562. The molecule has 10 nitrogen and oxygen atoms in total. The number of carbonyl (C=O) groups is 4. The van der Waals surface area contributed by atoms with E-state index < -0.39 is 5.60 Å². The van der Waals surface area contributed by atoms with Gasteiger partial charge in [-0.3, -0.25) is 19.7 Å². The molecule has 0 saturated carbocycles. The molecule has 1 atom stereocenters. The Morgan fingerprint density at radius 2 is 1.65 bits per heavy atom. The van der Waals surface area contributed by atoms with Crippen molar-refractivity contribution in [3.63, 3.8) is 0 Å². The number of carbonyl (C=O) groups excluding carboxylic acids is 4. The van der Waals surface area contributed by atoms with E-state index in [9.17, 15) is 19.2 Å². The summed E-state index contributed by atoms with van der Waals surface area (Å²) in [7, 11) is 1.78. The van der Waals surface area contributed by atoms with Crippen LogP contribution in [0.5, 0.6) is 0 Å². The van der Waals surface area contributed by atoms with E-state index in [0.29, 0.717) is 25.4 Å². The maximum absolute atomic E-state index is 12.3. The number of piperidine rings is 3. The minimum absolute atomic E-state index is 0.0102. The molecule has 1 N–H and O–H groups in total. The first-order valence-corrected chi connectivity index (χ1v) is 17.6. The topological polar surface area (TPSA) is 108 Å². The van der Waals surface area contributed by atoms with Gasteiger partial charge in [0.25, 0.3) is 0 Å². The van der Waals surface area contributed by atoms with E-state index in [-0.39, 0.29) is 35.8 Å². The van der Waals surface area contributed by atoms with Crippen LogP contribution in [0.15, 0.2) is 18.2 Å². The number of nitrogens with one attached hydrogen (secondary N) is 1. The van der Waals surface area contributed by atoms with Gasteiger partial charge in [-0.2, -0.15) is 0 Å². The quantitative estimate of drug-likeness (QED) is 0.306. The molecule has 3 saturated heterocycles. The second kappa shape index (κ2) is 20.2. The molecule has 1 aromatic rings. The Bertz CT molecular complexity index is 1260. The van der Waals surface area contributed by atoms with Crippen LogP contribution >= 0.6 is 0 Å². The van der Waals surface area contributed by atoms with Crippen molar-refractivity contribution in [3.05, 3.63) is 29.3 Å². The highest BCUT2D eigenvalue weighted by atomic mass is 16.6. The number of aryl methyl sites for hydroxylation is 1. The first-order valence-electron chi connectivity index (χ1n) is 17.6. The molecule has 1 unspecified atom stereocenters. The van der Waals surface area contributed by atoms with Crippen LogP contribution in [0.25, 0.3) is 0 Å². The number of likely N-dealkylation sites (tertiary alicyclic amines) is 2. The zero-order chi connectivity index (χ0) is 35.9. The molecule has 1 aromatic carbocycles. The van der Waals surface area contributed by atoms with E-state index in [1.807, 2.05) is 57.7 Å². The summed E-state index contributed by atoms with van der Waals surface area (Å²) >= 11 is 0. The molecule has 4 rings (SSSR count). The zero-order valence-electron chi connectivity index (χ0n) is 30.9. The number of anilines is 1. The van der Waals surface area contributed by atoms with E-state index >= 15 is 0 Å². The van der Waals surface area contributed by atoms with E-state index in [0.717, 1.165) is 75.2 Å². The van der Waals surface area contributed by atoms with Crippen LogP contribution in [0.1, 0.15) is 105 Å². The predicted molar refractivity (Wildman–Crippen MR) is 191 cm³/mol. The van der Waals surface area contributed by atoms with E-state index in [1.54, 1.807) is 18.9 Å². The summed E-state index contributed by atoms with van der Waals surface area (Å²) in [4.78, 5) is 51.3. The van der Waals surface area contributed by atoms with Crippen molar-refractivity contribution in [2.75, 3.05) is 51.3 Å². The lowest BCUT2D eigenvalue weighted by atomic mass is 9.95. The summed E-state index contributed by atoms with van der Waals surface area (Å²) in [6.07, 6.45) is 6.59. The second-order valence-corrected chi connectivity index (χ2v) is 14.1. The molecule has 48 heavy (non-hydrogen) atoms. The highest BCUT2D eigenvalue weighted by Crippen LogP contribution is 2.25. The molecule has 268 valence electrons. The third-order valence-corrected chi connectivity index (χ3v) is 8.49. The van der Waals surface area contributed by atoms with Crippen LogP contribution < -0.4 is 10.2 Å². The van der Waals surface area contributed by atoms with Crippen LogP contribution in [-0.2, 0) is 23.9 Å². The third-order valence-electron chi connectivity index (χ3n) is 8.49. The number of nitrogens with zero attached hydrogens (tertiary/aromatic N) is 3. The molecular formula is C38H60N4O6. The predicted octanol–water partition coefficient (Wildman–Crippen LogP) is 5.93. The van der Waals surface area contributed by atoms with Gasteiger partial charge in [0.2, 0.25) is 17.7 Å². The standard InChI is InChI=1S/C29H43N3O4.C6H9NO2.C3H8/c1-22-9-7-10-25(27(22)30(6)23(2)33)11-8-20-35-26-14-16-31(17-15-26)21-24-12-18-32(19-13-24)28(34)36-29(3,4)5;1-4-2-3-5(8)7-6(4)9;1-3-2/h7,9-10,24,26H,12-21H2,1-6H3;4H,2-3H2,1H3,(H,7,8,9);3H2,1-2H3. The van der Waals surface area contributed by atoms with Gasteiger partial charge in [-0.25, -0.2) is 4.79 Å². The molecule has 0 spiro atoms. The molecule has 3 fully saturated rings. The molecule has 3 aliphatic rings. The number of imide groups is 1. The Labute approximate surface area is 289 Å². The fourth-order valence-electron chi connectivity index (χ4n) is 5.70. The smallest absolute Gasteiger partial charge is 0.410 e. The van der Waals surface area contributed by atoms with Crippen molar-refractivity contribution in [2.24, 2.45) is 11.8 Å². The van der Waals surface area contributed by atoms with Crippen LogP contribution in [0.3, 0.4) is 0 Å². The second-order valence-electron chi connectivity index (χ2n) is 14.1. The van der Waals surface area contributed by atoms with Crippen LogP contribution in [0, 0.1) is 30.6 Å². The molecular weight excluding hydrogens is 608 g/mol. The summed E-state index contributed by atoms with van der Waals surface area (Å²) in [6, 6.07) is 5.91. The lowest BCUT2D eigenvalue weighted by Gasteiger charge is -2.37. The SMILES string of the molecule is CC(=O)N(C)c1c(C)cccc1C#CCOC1CCN(CC2CCN(C(=O)OC(C)(C)C)CC2)CC1.CC1CCC(=O)NC1=O.CCC. The van der Waals surface area contributed by atoms with Crippen LogP contribution in [0.4, 0.5) is 10.5 Å². The zero-order valence-corrected chi connectivity index (χ0v) is 30.9. The molecule has 3 aliphatic heterocycles. The van der Waals surface area contributed by atoms with E-state index in [2.05, 4.69) is 35.9 Å². The van der Waals surface area contributed by atoms with Crippen molar-refractivity contribution in [2.45, 2.75) is 112 Å². The summed E-state index contributed by atoms with van der Waals surface area (Å²) in [6.45, 7) is 20.5. The number of hydrogen-bond donors (Lipinski definition) is 1. The van der Waals surface area contributed by atoms with Crippen molar-refractivity contribution in [1.82, 2.24) is 15.1 Å². The highest BCUT2D eigenvalue weighted by molar-refractivity contribution is 5.98. The van der Waals surface area contributed by atoms with Crippen molar-refractivity contribution >= 4 is 29.5 Å². The van der Waals surface area contributed by atoms with Crippen LogP contribution in [0.2, 0.25) is 0 Å². The van der Waals surface area contributed by atoms with Gasteiger partial charge in [-0.1, -0.05) is 51.2 Å². The van der Waals surface area contributed by atoms with Gasteiger partial charge in [0, 0.05) is 64.6 Å². The fourth-order valence-corrected chi connectivity index (χ4v) is 5.70. The third kappa shape index (κ3) is 14.4. The Morgan fingerprint density at radius 3 is 2.19 bits per heavy atom. The molecule has 0 bridgehead atoms. The van der Waals surface area contributed by atoms with Gasteiger partial charge in [-0.15, -0.1) is 0 Å². The van der Waals surface area contributed by atoms with Gasteiger partial charge >= 0.3 is 6.09 Å². The van der Waals surface area contributed by atoms with Gasteiger partial charge in [0.05, 0.1) is 11.8 Å². The maximum Gasteiger partial charge on any atom is 0.410 e. The number of ether oxygens (including phenoxy) is 2. The normalized spacial score (nSPS) is 19.0. The van der Waals surface area contributed by atoms with Gasteiger partial charge in [0.15, 0.2) is 0 Å². The molecule has 0 radical (unpaired) electrons. The monoisotopic (exact) mass is 668 g/mol. The Hall–Kier alpha value is -3.42. The van der Waals surface area contributed by atoms with Crippen molar-refractivity contribution in [1.29, 1.82) is 0 Å². The lowest BCUT2D eigenvalue weighted by Crippen LogP contribution is -2.45.